The van der Waals surface area contributed by atoms with Gasteiger partial charge in [0.2, 0.25) is 10.0 Å². The van der Waals surface area contributed by atoms with Crippen molar-refractivity contribution < 1.29 is 13.2 Å². The van der Waals surface area contributed by atoms with Crippen molar-refractivity contribution in [2.24, 2.45) is 11.7 Å². The molecular formula is C14H22N2O3S. The van der Waals surface area contributed by atoms with Gasteiger partial charge < -0.3 is 10.5 Å². The minimum absolute atomic E-state index is 0.0799. The highest BCUT2D eigenvalue weighted by atomic mass is 32.2. The number of para-hydroxylation sites is 1. The molecule has 2 atom stereocenters. The first-order valence-electron chi connectivity index (χ1n) is 6.94. The van der Waals surface area contributed by atoms with Crippen molar-refractivity contribution in [2.75, 3.05) is 13.7 Å². The lowest BCUT2D eigenvalue weighted by Gasteiger charge is -2.31. The van der Waals surface area contributed by atoms with Gasteiger partial charge in [-0.1, -0.05) is 25.0 Å². The van der Waals surface area contributed by atoms with Crippen molar-refractivity contribution in [3.05, 3.63) is 24.3 Å². The minimum atomic E-state index is -3.58. The molecule has 112 valence electrons. The molecule has 0 heterocycles. The molecule has 0 aromatic heterocycles. The van der Waals surface area contributed by atoms with Crippen LogP contribution in [0.4, 0.5) is 0 Å². The fourth-order valence-electron chi connectivity index (χ4n) is 2.75. The van der Waals surface area contributed by atoms with Crippen LogP contribution in [0, 0.1) is 5.92 Å². The summed E-state index contributed by atoms with van der Waals surface area (Å²) in [5, 5.41) is 0. The van der Waals surface area contributed by atoms with Crippen LogP contribution in [-0.4, -0.2) is 28.1 Å². The molecule has 5 nitrogen and oxygen atoms in total. The van der Waals surface area contributed by atoms with Gasteiger partial charge in [0.15, 0.2) is 0 Å². The molecule has 0 saturated heterocycles. The Morgan fingerprint density at radius 1 is 1.30 bits per heavy atom. The van der Waals surface area contributed by atoms with E-state index in [4.69, 9.17) is 10.5 Å². The molecule has 1 saturated carbocycles. The molecule has 0 bridgehead atoms. The van der Waals surface area contributed by atoms with Gasteiger partial charge in [0.25, 0.3) is 0 Å². The Bertz CT molecular complexity index is 545. The molecule has 3 N–H and O–H groups in total. The quantitative estimate of drug-likeness (QED) is 0.863. The van der Waals surface area contributed by atoms with Crippen LogP contribution in [0.15, 0.2) is 29.2 Å². The van der Waals surface area contributed by atoms with Crippen LogP contribution in [-0.2, 0) is 10.0 Å². The summed E-state index contributed by atoms with van der Waals surface area (Å²) in [6.07, 6.45) is 3.98. The summed E-state index contributed by atoms with van der Waals surface area (Å²) in [6, 6.07) is 6.57. The van der Waals surface area contributed by atoms with Gasteiger partial charge >= 0.3 is 0 Å². The summed E-state index contributed by atoms with van der Waals surface area (Å²) in [4.78, 5) is 0.184. The van der Waals surface area contributed by atoms with Crippen molar-refractivity contribution in [2.45, 2.75) is 36.6 Å². The van der Waals surface area contributed by atoms with Crippen LogP contribution in [0.3, 0.4) is 0 Å². The topological polar surface area (TPSA) is 81.4 Å². The van der Waals surface area contributed by atoms with E-state index in [1.807, 2.05) is 0 Å². The average Bonchev–Trinajstić information content (AvgIpc) is 2.47. The summed E-state index contributed by atoms with van der Waals surface area (Å²) in [5.74, 6) is 0.577. The maximum absolute atomic E-state index is 12.5. The number of rotatable bonds is 5. The zero-order chi connectivity index (χ0) is 14.6. The monoisotopic (exact) mass is 298 g/mol. The maximum atomic E-state index is 12.5. The van der Waals surface area contributed by atoms with E-state index in [1.165, 1.54) is 7.11 Å². The third kappa shape index (κ3) is 3.31. The molecule has 1 aliphatic carbocycles. The summed E-state index contributed by atoms with van der Waals surface area (Å²) in [6.45, 7) is 0.513. The fourth-order valence-corrected chi connectivity index (χ4v) is 4.26. The lowest BCUT2D eigenvalue weighted by molar-refractivity contribution is 0.295. The highest BCUT2D eigenvalue weighted by molar-refractivity contribution is 7.89. The first-order valence-corrected chi connectivity index (χ1v) is 8.42. The lowest BCUT2D eigenvalue weighted by atomic mass is 9.85. The van der Waals surface area contributed by atoms with Crippen LogP contribution < -0.4 is 15.2 Å². The van der Waals surface area contributed by atoms with Crippen molar-refractivity contribution in [1.82, 2.24) is 4.72 Å². The Balaban J connectivity index is 2.22. The van der Waals surface area contributed by atoms with E-state index in [0.29, 0.717) is 12.3 Å². The Kier molecular flexibility index (Phi) is 5.01. The molecule has 0 radical (unpaired) electrons. The largest absolute Gasteiger partial charge is 0.495 e. The first-order chi connectivity index (χ1) is 9.58. The second kappa shape index (κ2) is 6.56. The summed E-state index contributed by atoms with van der Waals surface area (Å²) in [7, 11) is -2.11. The standard InChI is InChI=1S/C14H22N2O3S/c1-19-13-8-4-5-9-14(13)20(17,18)16-12-7-3-2-6-11(12)10-15/h4-5,8-9,11-12,16H,2-3,6-7,10,15H2,1H3/t11-,12-/m1/s1. The van der Waals surface area contributed by atoms with Crippen LogP contribution in [0.1, 0.15) is 25.7 Å². The molecule has 1 aromatic carbocycles. The van der Waals surface area contributed by atoms with Crippen LogP contribution in [0.5, 0.6) is 5.75 Å². The highest BCUT2D eigenvalue weighted by Crippen LogP contribution is 2.27. The van der Waals surface area contributed by atoms with Crippen molar-refractivity contribution in [3.63, 3.8) is 0 Å². The summed E-state index contributed by atoms with van der Waals surface area (Å²) in [5.41, 5.74) is 5.75. The van der Waals surface area contributed by atoms with E-state index in [2.05, 4.69) is 4.72 Å². The average molecular weight is 298 g/mol. The van der Waals surface area contributed by atoms with Gasteiger partial charge in [0, 0.05) is 6.04 Å². The molecule has 1 aromatic rings. The van der Waals surface area contributed by atoms with Crippen LogP contribution in [0.25, 0.3) is 0 Å². The maximum Gasteiger partial charge on any atom is 0.244 e. The number of hydrogen-bond donors (Lipinski definition) is 2. The fraction of sp³-hybridized carbons (Fsp3) is 0.571. The summed E-state index contributed by atoms with van der Waals surface area (Å²) >= 11 is 0. The molecule has 6 heteroatoms. The zero-order valence-electron chi connectivity index (χ0n) is 11.7. The SMILES string of the molecule is COc1ccccc1S(=O)(=O)N[C@@H]1CCCC[C@@H]1CN. The van der Waals surface area contributed by atoms with Crippen LogP contribution in [0.2, 0.25) is 0 Å². The third-order valence-corrected chi connectivity index (χ3v) is 5.41. The first kappa shape index (κ1) is 15.3. The molecule has 0 aliphatic heterocycles. The Morgan fingerprint density at radius 2 is 2.00 bits per heavy atom. The molecule has 2 rings (SSSR count). The van der Waals surface area contributed by atoms with E-state index < -0.39 is 10.0 Å². The third-order valence-electron chi connectivity index (χ3n) is 3.88. The lowest BCUT2D eigenvalue weighted by Crippen LogP contribution is -2.44. The van der Waals surface area contributed by atoms with E-state index in [0.717, 1.165) is 25.7 Å². The Hall–Kier alpha value is -1.11. The minimum Gasteiger partial charge on any atom is -0.495 e. The Morgan fingerprint density at radius 3 is 2.70 bits per heavy atom. The predicted octanol–water partition coefficient (Wildman–Crippen LogP) is 1.49. The van der Waals surface area contributed by atoms with Gasteiger partial charge in [-0.15, -0.1) is 0 Å². The molecule has 0 amide bonds. The van der Waals surface area contributed by atoms with Gasteiger partial charge in [-0.05, 0) is 37.4 Å². The van der Waals surface area contributed by atoms with Crippen molar-refractivity contribution in [3.8, 4) is 5.75 Å². The Labute approximate surface area is 120 Å². The van der Waals surface area contributed by atoms with E-state index >= 15 is 0 Å². The number of hydrogen-bond acceptors (Lipinski definition) is 4. The second-order valence-corrected chi connectivity index (χ2v) is 6.84. The number of benzene rings is 1. The van der Waals surface area contributed by atoms with E-state index in [1.54, 1.807) is 24.3 Å². The highest BCUT2D eigenvalue weighted by Gasteiger charge is 2.29. The molecule has 0 spiro atoms. The van der Waals surface area contributed by atoms with Gasteiger partial charge in [-0.25, -0.2) is 13.1 Å². The van der Waals surface area contributed by atoms with Crippen molar-refractivity contribution >= 4 is 10.0 Å². The molecule has 1 aliphatic rings. The van der Waals surface area contributed by atoms with Gasteiger partial charge in [0.1, 0.15) is 10.6 Å². The molecule has 20 heavy (non-hydrogen) atoms. The van der Waals surface area contributed by atoms with E-state index in [9.17, 15) is 8.42 Å². The number of ether oxygens (including phenoxy) is 1. The van der Waals surface area contributed by atoms with Crippen molar-refractivity contribution in [1.29, 1.82) is 0 Å². The zero-order valence-corrected chi connectivity index (χ0v) is 12.5. The molecule has 0 unspecified atom stereocenters. The van der Waals surface area contributed by atoms with Crippen LogP contribution >= 0.6 is 0 Å². The number of sulfonamides is 1. The summed E-state index contributed by atoms with van der Waals surface area (Å²) < 4.78 is 32.9. The number of methoxy groups -OCH3 is 1. The van der Waals surface area contributed by atoms with Gasteiger partial charge in [-0.3, -0.25) is 0 Å². The smallest absolute Gasteiger partial charge is 0.244 e. The molecule has 1 fully saturated rings. The number of nitrogens with two attached hydrogens (primary N) is 1. The number of nitrogens with one attached hydrogen (secondary N) is 1. The van der Waals surface area contributed by atoms with Gasteiger partial charge in [0.05, 0.1) is 7.11 Å². The van der Waals surface area contributed by atoms with Gasteiger partial charge in [-0.2, -0.15) is 0 Å². The molecular weight excluding hydrogens is 276 g/mol. The predicted molar refractivity (Wildman–Crippen MR) is 78.1 cm³/mol. The normalized spacial score (nSPS) is 23.5. The van der Waals surface area contributed by atoms with E-state index in [-0.39, 0.29) is 16.9 Å². The second-order valence-electron chi connectivity index (χ2n) is 5.16.